The van der Waals surface area contributed by atoms with Crippen LogP contribution in [0.5, 0.6) is 5.75 Å². The second-order valence-electron chi connectivity index (χ2n) is 4.73. The molecule has 118 valence electrons. The van der Waals surface area contributed by atoms with E-state index in [0.29, 0.717) is 29.0 Å². The molecule has 2 rings (SSSR count). The summed E-state index contributed by atoms with van der Waals surface area (Å²) in [5, 5.41) is 9.30. The number of para-hydroxylation sites is 1. The van der Waals surface area contributed by atoms with Crippen molar-refractivity contribution in [3.8, 4) is 5.75 Å². The first-order chi connectivity index (χ1) is 10.3. The van der Waals surface area contributed by atoms with E-state index in [4.69, 9.17) is 15.9 Å². The van der Waals surface area contributed by atoms with Crippen LogP contribution in [0.25, 0.3) is 6.08 Å². The zero-order valence-corrected chi connectivity index (χ0v) is 12.7. The molecule has 0 unspecified atom stereocenters. The minimum Gasteiger partial charge on any atom is -0.490 e. The highest BCUT2D eigenvalue weighted by Crippen LogP contribution is 2.33. The topological polar surface area (TPSA) is 134 Å². The Hall–Kier alpha value is -2.55. The Morgan fingerprint density at radius 1 is 1.41 bits per heavy atom. The fourth-order valence-electron chi connectivity index (χ4n) is 2.01. The highest BCUT2D eigenvalue weighted by atomic mass is 32.2. The van der Waals surface area contributed by atoms with Crippen LogP contribution in [0, 0.1) is 5.41 Å². The van der Waals surface area contributed by atoms with Crippen molar-refractivity contribution in [2.45, 2.75) is 6.42 Å². The predicted molar refractivity (Wildman–Crippen MR) is 83.1 cm³/mol. The normalized spacial score (nSPS) is 14.0. The predicted octanol–water partition coefficient (Wildman–Crippen LogP) is 0.234. The molecule has 0 saturated carbocycles. The van der Waals surface area contributed by atoms with E-state index in [1.807, 2.05) is 0 Å². The monoisotopic (exact) mass is 324 g/mol. The van der Waals surface area contributed by atoms with Gasteiger partial charge in [0.2, 0.25) is 10.0 Å². The standard InChI is InChI=1S/C13H16N4O4S/c1-22(19,20)17-10-4-2-3-8-7-9(5-6-21-11(8)10)12(18)16-13(14)15/h2-4,7,17H,5-6H2,1H3,(H4,14,15,16,18). The molecule has 0 aliphatic carbocycles. The maximum absolute atomic E-state index is 11.9. The summed E-state index contributed by atoms with van der Waals surface area (Å²) in [6, 6.07) is 4.93. The molecule has 1 aliphatic rings. The van der Waals surface area contributed by atoms with Crippen molar-refractivity contribution in [2.75, 3.05) is 17.6 Å². The Kier molecular flexibility index (Phi) is 4.36. The summed E-state index contributed by atoms with van der Waals surface area (Å²) in [6.45, 7) is 0.201. The van der Waals surface area contributed by atoms with Crippen molar-refractivity contribution in [1.29, 1.82) is 5.41 Å². The first-order valence-electron chi connectivity index (χ1n) is 6.36. The summed E-state index contributed by atoms with van der Waals surface area (Å²) in [7, 11) is -3.44. The lowest BCUT2D eigenvalue weighted by molar-refractivity contribution is -0.116. The number of rotatable bonds is 3. The van der Waals surface area contributed by atoms with Gasteiger partial charge >= 0.3 is 0 Å². The van der Waals surface area contributed by atoms with Crippen molar-refractivity contribution in [3.05, 3.63) is 29.3 Å². The van der Waals surface area contributed by atoms with E-state index in [1.165, 1.54) is 0 Å². The van der Waals surface area contributed by atoms with Crippen LogP contribution in [0.2, 0.25) is 0 Å². The lowest BCUT2D eigenvalue weighted by atomic mass is 10.1. The number of fused-ring (bicyclic) bond motifs is 1. The number of nitrogens with two attached hydrogens (primary N) is 1. The fourth-order valence-corrected chi connectivity index (χ4v) is 2.57. The molecule has 1 aromatic rings. The van der Waals surface area contributed by atoms with Gasteiger partial charge in [0.05, 0.1) is 18.6 Å². The van der Waals surface area contributed by atoms with Gasteiger partial charge in [0.25, 0.3) is 5.91 Å². The van der Waals surface area contributed by atoms with Gasteiger partial charge in [-0.05, 0) is 12.1 Å². The molecule has 0 spiro atoms. The molecule has 0 bridgehead atoms. The highest BCUT2D eigenvalue weighted by molar-refractivity contribution is 7.92. The first-order valence-corrected chi connectivity index (χ1v) is 8.25. The van der Waals surface area contributed by atoms with Gasteiger partial charge in [0.1, 0.15) is 0 Å². The maximum Gasteiger partial charge on any atom is 0.254 e. The Morgan fingerprint density at radius 2 is 2.14 bits per heavy atom. The molecule has 8 nitrogen and oxygen atoms in total. The Morgan fingerprint density at radius 3 is 2.77 bits per heavy atom. The third-order valence-corrected chi connectivity index (χ3v) is 3.42. The zero-order valence-electron chi connectivity index (χ0n) is 11.8. The third kappa shape index (κ3) is 3.98. The van der Waals surface area contributed by atoms with E-state index in [9.17, 15) is 13.2 Å². The molecular formula is C13H16N4O4S. The van der Waals surface area contributed by atoms with Crippen LogP contribution in [0.1, 0.15) is 12.0 Å². The van der Waals surface area contributed by atoms with E-state index in [0.717, 1.165) is 6.26 Å². The number of benzene rings is 1. The van der Waals surface area contributed by atoms with E-state index >= 15 is 0 Å². The molecule has 5 N–H and O–H groups in total. The van der Waals surface area contributed by atoms with Crippen molar-refractivity contribution in [2.24, 2.45) is 5.73 Å². The SMILES string of the molecule is CS(=O)(=O)Nc1cccc2c1OCCC(C(=O)NC(=N)N)=C2. The Labute approximate surface area is 127 Å². The largest absolute Gasteiger partial charge is 0.490 e. The Bertz CT molecular complexity index is 755. The third-order valence-electron chi connectivity index (χ3n) is 2.83. The Balaban J connectivity index is 2.39. The second kappa shape index (κ2) is 6.06. The molecule has 1 amide bonds. The number of amides is 1. The van der Waals surface area contributed by atoms with E-state index in [1.54, 1.807) is 24.3 Å². The van der Waals surface area contributed by atoms with Gasteiger partial charge in [0.15, 0.2) is 11.7 Å². The molecule has 0 atom stereocenters. The van der Waals surface area contributed by atoms with Crippen molar-refractivity contribution < 1.29 is 17.9 Å². The summed E-state index contributed by atoms with van der Waals surface area (Å²) in [5.74, 6) is -0.562. The maximum atomic E-state index is 11.9. The summed E-state index contributed by atoms with van der Waals surface area (Å²) in [6.07, 6.45) is 2.95. The lowest BCUT2D eigenvalue weighted by Crippen LogP contribution is -2.36. The van der Waals surface area contributed by atoms with E-state index < -0.39 is 21.9 Å². The van der Waals surface area contributed by atoms with Crippen molar-refractivity contribution >= 4 is 33.7 Å². The molecule has 0 radical (unpaired) electrons. The first kappa shape index (κ1) is 15.8. The van der Waals surface area contributed by atoms with Crippen LogP contribution in [-0.2, 0) is 14.8 Å². The van der Waals surface area contributed by atoms with Gasteiger partial charge < -0.3 is 10.5 Å². The van der Waals surface area contributed by atoms with Gasteiger partial charge in [-0.1, -0.05) is 12.1 Å². The van der Waals surface area contributed by atoms with Crippen LogP contribution in [0.4, 0.5) is 5.69 Å². The quantitative estimate of drug-likeness (QED) is 0.466. The molecule has 1 aromatic carbocycles. The van der Waals surface area contributed by atoms with Crippen LogP contribution in [0.15, 0.2) is 23.8 Å². The number of guanidine groups is 1. The summed E-state index contributed by atoms with van der Waals surface area (Å²) in [5.41, 5.74) is 6.42. The summed E-state index contributed by atoms with van der Waals surface area (Å²) < 4.78 is 30.7. The second-order valence-corrected chi connectivity index (χ2v) is 6.48. The number of ether oxygens (including phenoxy) is 1. The number of nitrogens with one attached hydrogen (secondary N) is 3. The fraction of sp³-hybridized carbons (Fsp3) is 0.231. The molecule has 1 aliphatic heterocycles. The summed E-state index contributed by atoms with van der Waals surface area (Å²) in [4.78, 5) is 11.9. The number of hydrogen-bond donors (Lipinski definition) is 4. The smallest absolute Gasteiger partial charge is 0.254 e. The average molecular weight is 324 g/mol. The number of carbonyl (C=O) groups excluding carboxylic acids is 1. The van der Waals surface area contributed by atoms with Crippen LogP contribution >= 0.6 is 0 Å². The van der Waals surface area contributed by atoms with Gasteiger partial charge in [-0.3, -0.25) is 20.2 Å². The number of carbonyl (C=O) groups is 1. The van der Waals surface area contributed by atoms with E-state index in [-0.39, 0.29) is 6.61 Å². The molecular weight excluding hydrogens is 308 g/mol. The highest BCUT2D eigenvalue weighted by Gasteiger charge is 2.19. The van der Waals surface area contributed by atoms with Crippen molar-refractivity contribution in [1.82, 2.24) is 5.32 Å². The molecule has 0 fully saturated rings. The molecule has 0 saturated heterocycles. The molecule has 0 aromatic heterocycles. The summed E-state index contributed by atoms with van der Waals surface area (Å²) >= 11 is 0. The lowest BCUT2D eigenvalue weighted by Gasteiger charge is -2.12. The van der Waals surface area contributed by atoms with Crippen LogP contribution in [0.3, 0.4) is 0 Å². The molecule has 1 heterocycles. The minimum atomic E-state index is -3.44. The number of anilines is 1. The number of hydrogen-bond acceptors (Lipinski definition) is 5. The van der Waals surface area contributed by atoms with Gasteiger partial charge in [0, 0.05) is 17.6 Å². The van der Waals surface area contributed by atoms with Gasteiger partial charge in [-0.2, -0.15) is 0 Å². The van der Waals surface area contributed by atoms with Crippen molar-refractivity contribution in [3.63, 3.8) is 0 Å². The average Bonchev–Trinajstić information content (AvgIpc) is 2.59. The van der Waals surface area contributed by atoms with Crippen LogP contribution < -0.4 is 20.5 Å². The van der Waals surface area contributed by atoms with E-state index in [2.05, 4.69) is 10.0 Å². The minimum absolute atomic E-state index is 0.201. The van der Waals surface area contributed by atoms with Gasteiger partial charge in [-0.15, -0.1) is 0 Å². The number of sulfonamides is 1. The molecule has 9 heteroatoms. The molecule has 22 heavy (non-hydrogen) atoms. The zero-order chi connectivity index (χ0) is 16.3. The van der Waals surface area contributed by atoms with Crippen LogP contribution in [-0.4, -0.2) is 33.1 Å². The van der Waals surface area contributed by atoms with Gasteiger partial charge in [-0.25, -0.2) is 8.42 Å².